The third-order valence-corrected chi connectivity index (χ3v) is 5.24. The van der Waals surface area contributed by atoms with Gasteiger partial charge in [-0.1, -0.05) is 0 Å². The van der Waals surface area contributed by atoms with Gasteiger partial charge in [0.1, 0.15) is 11.9 Å². The SMILES string of the molecule is NC(=O)C1CCCN1S(=O)(=O)c1cc(F)ccc1C(=O)O. The number of aromatic carboxylic acids is 1. The van der Waals surface area contributed by atoms with Crippen molar-refractivity contribution in [3.8, 4) is 0 Å². The van der Waals surface area contributed by atoms with E-state index in [4.69, 9.17) is 10.8 Å². The number of amides is 1. The summed E-state index contributed by atoms with van der Waals surface area (Å²) in [5.41, 5.74) is 4.61. The molecule has 1 saturated heterocycles. The van der Waals surface area contributed by atoms with E-state index in [0.29, 0.717) is 12.5 Å². The zero-order valence-corrected chi connectivity index (χ0v) is 11.6. The molecular formula is C12H13FN2O5S. The molecule has 114 valence electrons. The Balaban J connectivity index is 2.56. The van der Waals surface area contributed by atoms with Gasteiger partial charge in [0.25, 0.3) is 0 Å². The van der Waals surface area contributed by atoms with Crippen molar-refractivity contribution in [2.75, 3.05) is 6.54 Å². The molecule has 0 aromatic heterocycles. The van der Waals surface area contributed by atoms with Gasteiger partial charge in [-0.2, -0.15) is 4.31 Å². The minimum Gasteiger partial charge on any atom is -0.478 e. The summed E-state index contributed by atoms with van der Waals surface area (Å²) in [6.45, 7) is 0.0332. The molecule has 1 aromatic carbocycles. The summed E-state index contributed by atoms with van der Waals surface area (Å²) in [7, 11) is -4.32. The zero-order valence-electron chi connectivity index (χ0n) is 10.8. The largest absolute Gasteiger partial charge is 0.478 e. The predicted molar refractivity (Wildman–Crippen MR) is 69.5 cm³/mol. The average Bonchev–Trinajstić information content (AvgIpc) is 2.88. The van der Waals surface area contributed by atoms with Crippen molar-refractivity contribution < 1.29 is 27.5 Å². The quantitative estimate of drug-likeness (QED) is 0.820. The summed E-state index contributed by atoms with van der Waals surface area (Å²) in [5, 5.41) is 9.04. The van der Waals surface area contributed by atoms with E-state index in [2.05, 4.69) is 0 Å². The molecule has 1 unspecified atom stereocenters. The van der Waals surface area contributed by atoms with Gasteiger partial charge in [-0.3, -0.25) is 4.79 Å². The maximum absolute atomic E-state index is 13.3. The molecule has 1 atom stereocenters. The number of nitrogens with zero attached hydrogens (tertiary/aromatic N) is 1. The number of nitrogens with two attached hydrogens (primary N) is 1. The number of benzene rings is 1. The van der Waals surface area contributed by atoms with E-state index >= 15 is 0 Å². The van der Waals surface area contributed by atoms with Gasteiger partial charge in [-0.05, 0) is 31.0 Å². The highest BCUT2D eigenvalue weighted by Gasteiger charge is 2.40. The first-order valence-corrected chi connectivity index (χ1v) is 7.53. The molecule has 1 aliphatic heterocycles. The molecule has 1 aliphatic rings. The summed E-state index contributed by atoms with van der Waals surface area (Å²) < 4.78 is 39.2. The van der Waals surface area contributed by atoms with Gasteiger partial charge in [0.2, 0.25) is 15.9 Å². The Kier molecular flexibility index (Phi) is 3.97. The standard InChI is InChI=1S/C12H13FN2O5S/c13-7-3-4-8(12(17)18)10(6-7)21(19,20)15-5-1-2-9(15)11(14)16/h3-4,6,9H,1-2,5H2,(H2,14,16)(H,17,18). The summed E-state index contributed by atoms with van der Waals surface area (Å²) >= 11 is 0. The number of carbonyl (C=O) groups excluding carboxylic acids is 1. The van der Waals surface area contributed by atoms with Crippen molar-refractivity contribution in [3.63, 3.8) is 0 Å². The molecule has 0 saturated carbocycles. The lowest BCUT2D eigenvalue weighted by Gasteiger charge is -2.22. The van der Waals surface area contributed by atoms with E-state index in [1.165, 1.54) is 0 Å². The Morgan fingerprint density at radius 2 is 2.05 bits per heavy atom. The van der Waals surface area contributed by atoms with Crippen LogP contribution in [-0.2, 0) is 14.8 Å². The predicted octanol–water partition coefficient (Wildman–Crippen LogP) is 0.162. The lowest BCUT2D eigenvalue weighted by Crippen LogP contribution is -2.44. The van der Waals surface area contributed by atoms with Crippen LogP contribution in [0.15, 0.2) is 23.1 Å². The number of rotatable bonds is 4. The van der Waals surface area contributed by atoms with Crippen LogP contribution >= 0.6 is 0 Å². The summed E-state index contributed by atoms with van der Waals surface area (Å²) in [5.74, 6) is -3.19. The fourth-order valence-corrected chi connectivity index (χ4v) is 4.19. The second-order valence-electron chi connectivity index (χ2n) is 4.62. The van der Waals surface area contributed by atoms with Crippen molar-refractivity contribution in [3.05, 3.63) is 29.6 Å². The minimum absolute atomic E-state index is 0.0332. The van der Waals surface area contributed by atoms with Gasteiger partial charge < -0.3 is 10.8 Å². The third kappa shape index (κ3) is 2.74. The summed E-state index contributed by atoms with van der Waals surface area (Å²) in [6, 6.07) is 1.33. The van der Waals surface area contributed by atoms with E-state index in [0.717, 1.165) is 16.4 Å². The molecule has 0 radical (unpaired) electrons. The van der Waals surface area contributed by atoms with Crippen molar-refractivity contribution >= 4 is 21.9 Å². The van der Waals surface area contributed by atoms with Crippen LogP contribution in [0.3, 0.4) is 0 Å². The molecule has 0 spiro atoms. The molecule has 9 heteroatoms. The molecule has 7 nitrogen and oxygen atoms in total. The first-order valence-electron chi connectivity index (χ1n) is 6.09. The smallest absolute Gasteiger partial charge is 0.337 e. The van der Waals surface area contributed by atoms with Crippen molar-refractivity contribution in [1.82, 2.24) is 4.31 Å². The summed E-state index contributed by atoms with van der Waals surface area (Å²) in [4.78, 5) is 21.7. The molecule has 2 rings (SSSR count). The number of hydrogen-bond donors (Lipinski definition) is 2. The number of halogens is 1. The van der Waals surface area contributed by atoms with Crippen molar-refractivity contribution in [1.29, 1.82) is 0 Å². The number of carbonyl (C=O) groups is 2. The number of sulfonamides is 1. The fraction of sp³-hybridized carbons (Fsp3) is 0.333. The van der Waals surface area contributed by atoms with Crippen LogP contribution in [-0.4, -0.2) is 42.3 Å². The highest BCUT2D eigenvalue weighted by Crippen LogP contribution is 2.28. The van der Waals surface area contributed by atoms with E-state index in [-0.39, 0.29) is 13.0 Å². The zero-order chi connectivity index (χ0) is 15.8. The van der Waals surface area contributed by atoms with E-state index in [1.807, 2.05) is 0 Å². The first-order chi connectivity index (χ1) is 9.75. The molecule has 3 N–H and O–H groups in total. The van der Waals surface area contributed by atoms with Gasteiger partial charge in [0, 0.05) is 6.54 Å². The lowest BCUT2D eigenvalue weighted by molar-refractivity contribution is -0.121. The molecule has 0 aliphatic carbocycles. The van der Waals surface area contributed by atoms with Crippen molar-refractivity contribution in [2.24, 2.45) is 5.73 Å². The second-order valence-corrected chi connectivity index (χ2v) is 6.48. The van der Waals surface area contributed by atoms with Crippen LogP contribution in [0.5, 0.6) is 0 Å². The minimum atomic E-state index is -4.32. The monoisotopic (exact) mass is 316 g/mol. The van der Waals surface area contributed by atoms with Gasteiger partial charge in [-0.15, -0.1) is 0 Å². The van der Waals surface area contributed by atoms with Crippen LogP contribution in [0.1, 0.15) is 23.2 Å². The lowest BCUT2D eigenvalue weighted by atomic mass is 10.2. The normalized spacial score (nSPS) is 19.6. The maximum atomic E-state index is 13.3. The second kappa shape index (κ2) is 5.41. The Bertz CT molecular complexity index is 704. The van der Waals surface area contributed by atoms with Crippen LogP contribution in [0.4, 0.5) is 4.39 Å². The molecule has 1 fully saturated rings. The maximum Gasteiger partial charge on any atom is 0.337 e. The molecule has 1 heterocycles. The first kappa shape index (κ1) is 15.4. The van der Waals surface area contributed by atoms with Crippen LogP contribution in [0, 0.1) is 5.82 Å². The van der Waals surface area contributed by atoms with Gasteiger partial charge in [0.05, 0.1) is 10.5 Å². The number of primary amides is 1. The van der Waals surface area contributed by atoms with Crippen LogP contribution in [0.25, 0.3) is 0 Å². The number of hydrogen-bond acceptors (Lipinski definition) is 4. The molecular weight excluding hydrogens is 303 g/mol. The summed E-state index contributed by atoms with van der Waals surface area (Å²) in [6.07, 6.45) is 0.677. The van der Waals surface area contributed by atoms with Crippen LogP contribution < -0.4 is 5.73 Å². The van der Waals surface area contributed by atoms with Crippen molar-refractivity contribution in [2.45, 2.75) is 23.8 Å². The molecule has 21 heavy (non-hydrogen) atoms. The van der Waals surface area contributed by atoms with Gasteiger partial charge >= 0.3 is 5.97 Å². The van der Waals surface area contributed by atoms with E-state index in [9.17, 15) is 22.4 Å². The molecule has 1 aromatic rings. The Morgan fingerprint density at radius 1 is 1.38 bits per heavy atom. The van der Waals surface area contributed by atoms with E-state index < -0.39 is 44.2 Å². The van der Waals surface area contributed by atoms with Gasteiger partial charge in [-0.25, -0.2) is 17.6 Å². The Morgan fingerprint density at radius 3 is 2.62 bits per heavy atom. The Labute approximate surface area is 120 Å². The topological polar surface area (TPSA) is 118 Å². The van der Waals surface area contributed by atoms with Crippen LogP contribution in [0.2, 0.25) is 0 Å². The highest BCUT2D eigenvalue weighted by molar-refractivity contribution is 7.89. The number of carboxylic acid groups (broad SMARTS) is 1. The highest BCUT2D eigenvalue weighted by atomic mass is 32.2. The molecule has 0 bridgehead atoms. The fourth-order valence-electron chi connectivity index (χ4n) is 2.32. The third-order valence-electron chi connectivity index (χ3n) is 3.29. The number of carboxylic acids is 1. The van der Waals surface area contributed by atoms with Gasteiger partial charge in [0.15, 0.2) is 0 Å². The average molecular weight is 316 g/mol. The molecule has 1 amide bonds. The van der Waals surface area contributed by atoms with E-state index in [1.54, 1.807) is 0 Å². The Hall–Kier alpha value is -2.00.